The maximum atomic E-state index is 13.1. The first-order valence-corrected chi connectivity index (χ1v) is 16.9. The third-order valence-electron chi connectivity index (χ3n) is 6.76. The van der Waals surface area contributed by atoms with Gasteiger partial charge in [0.1, 0.15) is 28.9 Å². The van der Waals surface area contributed by atoms with Gasteiger partial charge >= 0.3 is 5.63 Å². The first kappa shape index (κ1) is 32.1. The molecule has 0 radical (unpaired) electrons. The number of aliphatic imine (C=N–C) groups is 1. The molecule has 0 aliphatic carbocycles. The van der Waals surface area contributed by atoms with Gasteiger partial charge in [-0.25, -0.2) is 9.79 Å². The lowest BCUT2D eigenvalue weighted by Gasteiger charge is -2.36. The number of hydrogen-bond acceptors (Lipinski definition) is 10. The summed E-state index contributed by atoms with van der Waals surface area (Å²) in [6, 6.07) is 2.30. The molecule has 38 heavy (non-hydrogen) atoms. The highest BCUT2D eigenvalue weighted by Crippen LogP contribution is 2.36. The Hall–Kier alpha value is -2.15. The van der Waals surface area contributed by atoms with E-state index in [1.807, 2.05) is 6.92 Å². The van der Waals surface area contributed by atoms with Crippen molar-refractivity contribution >= 4 is 36.7 Å². The molecule has 0 saturated carbocycles. The number of carbonyl (C=O) groups is 1. The number of hydrogen-bond donors (Lipinski definition) is 2. The van der Waals surface area contributed by atoms with E-state index in [1.165, 1.54) is 24.9 Å². The summed E-state index contributed by atoms with van der Waals surface area (Å²) in [5, 5.41) is 7.81. The quantitative estimate of drug-likeness (QED) is 0.144. The van der Waals surface area contributed by atoms with Gasteiger partial charge in [-0.2, -0.15) is 0 Å². The van der Waals surface area contributed by atoms with Gasteiger partial charge in [-0.3, -0.25) is 10.5 Å². The van der Waals surface area contributed by atoms with E-state index >= 15 is 0 Å². The third kappa shape index (κ3) is 8.96. The molecule has 1 amide bonds. The molecule has 0 spiro atoms. The molecule has 1 aliphatic rings. The summed E-state index contributed by atoms with van der Waals surface area (Å²) in [5.41, 5.74) is 4.92. The summed E-state index contributed by atoms with van der Waals surface area (Å²) in [5.74, 6) is 0.469. The summed E-state index contributed by atoms with van der Waals surface area (Å²) >= 11 is 1.35. The molecule has 1 aliphatic heterocycles. The fraction of sp³-hybridized carbons (Fsp3) is 0.692. The van der Waals surface area contributed by atoms with Crippen molar-refractivity contribution in [3.8, 4) is 5.75 Å². The zero-order valence-corrected chi connectivity index (χ0v) is 25.8. The average molecular weight is 569 g/mol. The lowest BCUT2D eigenvalue weighted by atomic mass is 10.1. The maximum Gasteiger partial charge on any atom is 0.339 e. The SMILES string of the molecule is CCC[C@@H](NC(=O)[C@]1(N)CSC(/C(C)=N/OCCCCO[Si](C)(C)C(C)(C)C)=N1)c1cc(OC)cc(=O)o1. The standard InChI is InChI=1S/C26H44N4O6SSi/c1-9-12-20(21-15-19(33-6)16-22(31)36-21)28-24(32)26(27)17-37-23(29-26)18(2)30-34-13-10-11-14-35-38(7,8)25(3,4)5/h15-16,20H,9-14,17,27H2,1-8H3,(H,28,32)/b30-18+/t20-,26+/m1/s1. The third-order valence-corrected chi connectivity index (χ3v) is 12.5. The van der Waals surface area contributed by atoms with Crippen LogP contribution in [0.5, 0.6) is 5.75 Å². The van der Waals surface area contributed by atoms with E-state index in [4.69, 9.17) is 24.2 Å². The number of ether oxygens (including phenoxy) is 1. The van der Waals surface area contributed by atoms with Crippen LogP contribution in [-0.2, 0) is 14.1 Å². The number of carbonyl (C=O) groups excluding carboxylic acids is 1. The minimum Gasteiger partial charge on any atom is -0.496 e. The molecule has 2 atom stereocenters. The molecule has 214 valence electrons. The van der Waals surface area contributed by atoms with Crippen molar-refractivity contribution in [3.63, 3.8) is 0 Å². The van der Waals surface area contributed by atoms with E-state index in [1.54, 1.807) is 13.0 Å². The Bertz CT molecular complexity index is 1070. The van der Waals surface area contributed by atoms with Crippen LogP contribution >= 0.6 is 11.8 Å². The van der Waals surface area contributed by atoms with Crippen LogP contribution in [0.4, 0.5) is 0 Å². The first-order valence-electron chi connectivity index (χ1n) is 13.0. The van der Waals surface area contributed by atoms with Gasteiger partial charge < -0.3 is 23.7 Å². The number of methoxy groups -OCH3 is 1. The van der Waals surface area contributed by atoms with Gasteiger partial charge in [-0.1, -0.05) is 39.3 Å². The second-order valence-corrected chi connectivity index (χ2v) is 16.8. The zero-order chi connectivity index (χ0) is 28.6. The van der Waals surface area contributed by atoms with Gasteiger partial charge in [0.05, 0.1) is 19.2 Å². The number of thioether (sulfide) groups is 1. The van der Waals surface area contributed by atoms with Crippen molar-refractivity contribution in [2.75, 3.05) is 26.1 Å². The number of nitrogens with two attached hydrogens (primary N) is 1. The minimum atomic E-state index is -1.73. The molecular formula is C26H44N4O6SSi. The van der Waals surface area contributed by atoms with E-state index in [2.05, 4.69) is 49.3 Å². The smallest absolute Gasteiger partial charge is 0.339 e. The molecule has 2 rings (SSSR count). The second kappa shape index (κ2) is 13.8. The number of unbranched alkanes of at least 4 members (excludes halogenated alkanes) is 1. The fourth-order valence-corrected chi connectivity index (χ4v) is 5.45. The molecule has 0 saturated heterocycles. The molecule has 1 aromatic rings. The van der Waals surface area contributed by atoms with Gasteiger partial charge in [0.25, 0.3) is 5.91 Å². The van der Waals surface area contributed by atoms with E-state index in [-0.39, 0.29) is 10.8 Å². The van der Waals surface area contributed by atoms with Crippen molar-refractivity contribution in [2.24, 2.45) is 15.9 Å². The minimum absolute atomic E-state index is 0.196. The van der Waals surface area contributed by atoms with Crippen LogP contribution < -0.4 is 21.4 Å². The molecule has 0 aromatic carbocycles. The average Bonchev–Trinajstić information content (AvgIpc) is 3.25. The normalized spacial score (nSPS) is 19.2. The Balaban J connectivity index is 1.92. The summed E-state index contributed by atoms with van der Waals surface area (Å²) < 4.78 is 16.7. The molecule has 0 bridgehead atoms. The fourth-order valence-electron chi connectivity index (χ4n) is 3.34. The van der Waals surface area contributed by atoms with E-state index in [0.717, 1.165) is 19.3 Å². The molecule has 0 unspecified atom stereocenters. The molecule has 0 fully saturated rings. The van der Waals surface area contributed by atoms with Crippen molar-refractivity contribution < 1.29 is 23.2 Å². The van der Waals surface area contributed by atoms with Gasteiger partial charge in [-0.05, 0) is 44.3 Å². The summed E-state index contributed by atoms with van der Waals surface area (Å²) in [6.45, 7) is 16.1. The van der Waals surface area contributed by atoms with Gasteiger partial charge in [0.15, 0.2) is 14.0 Å². The number of rotatable bonds is 14. The lowest BCUT2D eigenvalue weighted by Crippen LogP contribution is -2.54. The number of oxime groups is 1. The molecule has 12 heteroatoms. The van der Waals surface area contributed by atoms with Crippen molar-refractivity contribution in [1.82, 2.24) is 5.32 Å². The van der Waals surface area contributed by atoms with Crippen molar-refractivity contribution in [1.29, 1.82) is 0 Å². The largest absolute Gasteiger partial charge is 0.496 e. The highest BCUT2D eigenvalue weighted by atomic mass is 32.2. The zero-order valence-electron chi connectivity index (χ0n) is 24.0. The number of nitrogens with one attached hydrogen (secondary N) is 1. The summed E-state index contributed by atoms with van der Waals surface area (Å²) in [7, 11) is -0.267. The first-order chi connectivity index (χ1) is 17.7. The van der Waals surface area contributed by atoms with Crippen molar-refractivity contribution in [3.05, 3.63) is 28.3 Å². The van der Waals surface area contributed by atoms with E-state index < -0.39 is 31.6 Å². The van der Waals surface area contributed by atoms with Crippen LogP contribution in [0, 0.1) is 0 Å². The van der Waals surface area contributed by atoms with Crippen LogP contribution in [0.3, 0.4) is 0 Å². The molecule has 1 aromatic heterocycles. The van der Waals surface area contributed by atoms with E-state index in [0.29, 0.717) is 41.9 Å². The van der Waals surface area contributed by atoms with Crippen LogP contribution in [0.15, 0.2) is 31.5 Å². The van der Waals surface area contributed by atoms with E-state index in [9.17, 15) is 9.59 Å². The summed E-state index contributed by atoms with van der Waals surface area (Å²) in [4.78, 5) is 35.0. The number of nitrogens with zero attached hydrogens (tertiary/aromatic N) is 2. The lowest BCUT2D eigenvalue weighted by molar-refractivity contribution is -0.126. The molecular weight excluding hydrogens is 524 g/mol. The Morgan fingerprint density at radius 2 is 2.00 bits per heavy atom. The highest BCUT2D eigenvalue weighted by Gasteiger charge is 2.41. The monoisotopic (exact) mass is 568 g/mol. The summed E-state index contributed by atoms with van der Waals surface area (Å²) in [6.07, 6.45) is 3.03. The van der Waals surface area contributed by atoms with Crippen LogP contribution in [0.25, 0.3) is 0 Å². The van der Waals surface area contributed by atoms with Gasteiger partial charge in [-0.15, -0.1) is 11.8 Å². The Labute approximate surface area is 231 Å². The van der Waals surface area contributed by atoms with Gasteiger partial charge in [0.2, 0.25) is 0 Å². The number of amides is 1. The van der Waals surface area contributed by atoms with Crippen LogP contribution in [0.2, 0.25) is 18.1 Å². The Kier molecular flexibility index (Phi) is 11.6. The van der Waals surface area contributed by atoms with Gasteiger partial charge in [0, 0.05) is 18.4 Å². The van der Waals surface area contributed by atoms with Crippen molar-refractivity contribution in [2.45, 2.75) is 90.1 Å². The highest BCUT2D eigenvalue weighted by molar-refractivity contribution is 8.16. The van der Waals surface area contributed by atoms with Crippen LogP contribution in [0.1, 0.15) is 72.1 Å². The molecule has 3 N–H and O–H groups in total. The maximum absolute atomic E-state index is 13.1. The van der Waals surface area contributed by atoms with Crippen LogP contribution in [-0.4, -0.2) is 56.7 Å². The molecule has 10 nitrogen and oxygen atoms in total. The Morgan fingerprint density at radius 1 is 1.32 bits per heavy atom. The predicted molar refractivity (Wildman–Crippen MR) is 156 cm³/mol. The second-order valence-electron chi connectivity index (χ2n) is 11.0. The Morgan fingerprint density at radius 3 is 2.63 bits per heavy atom. The predicted octanol–water partition coefficient (Wildman–Crippen LogP) is 4.60. The molecule has 2 heterocycles. The topological polar surface area (TPSA) is 138 Å².